The summed E-state index contributed by atoms with van der Waals surface area (Å²) in [6.07, 6.45) is 0. The third-order valence-electron chi connectivity index (χ3n) is 3.25. The maximum absolute atomic E-state index is 10.9. The first-order valence-electron chi connectivity index (χ1n) is 8.15. The molecule has 0 heterocycles. The highest BCUT2D eigenvalue weighted by Crippen LogP contribution is 2.12. The smallest absolute Gasteiger partial charge is 0.397 e. The van der Waals surface area contributed by atoms with E-state index in [0.717, 1.165) is 0 Å². The largest absolute Gasteiger partial charge is 0.492 e. The van der Waals surface area contributed by atoms with Crippen molar-refractivity contribution >= 4 is 27.8 Å². The summed E-state index contributed by atoms with van der Waals surface area (Å²) in [6.45, 7) is 14.2. The van der Waals surface area contributed by atoms with Gasteiger partial charge in [-0.2, -0.15) is 8.42 Å². The minimum atomic E-state index is -4.70. The van der Waals surface area contributed by atoms with Gasteiger partial charge in [-0.3, -0.25) is 9.35 Å². The Bertz CT molecular complexity index is 1210. The topological polar surface area (TPSA) is 165 Å². The lowest BCUT2D eigenvalue weighted by atomic mass is 10.1. The van der Waals surface area contributed by atoms with Crippen molar-refractivity contribution < 1.29 is 36.2 Å². The summed E-state index contributed by atoms with van der Waals surface area (Å²) < 4.78 is 49.5. The predicted octanol–water partition coefficient (Wildman–Crippen LogP) is -0.0712. The molecule has 0 amide bonds. The molecule has 13 heteroatoms. The van der Waals surface area contributed by atoms with Gasteiger partial charge in [0.15, 0.2) is 0 Å². The monoisotopic (exact) mass is 446 g/mol. The molecule has 160 valence electrons. The Labute approximate surface area is 177 Å². The zero-order valence-electron chi connectivity index (χ0n) is 16.0. The fraction of sp³-hybridized carbons (Fsp3) is 0.278. The second-order valence-corrected chi connectivity index (χ2v) is 6.37. The molecule has 0 saturated heterocycles. The molecule has 1 rings (SSSR count). The molecule has 0 fully saturated rings. The summed E-state index contributed by atoms with van der Waals surface area (Å²) in [5.41, 5.74) is -0.808. The molecule has 1 N–H and O–H groups in total. The number of hydrogen-bond donors (Lipinski definition) is 1. The van der Waals surface area contributed by atoms with Gasteiger partial charge in [0, 0.05) is 17.4 Å². The van der Waals surface area contributed by atoms with E-state index in [4.69, 9.17) is 31.9 Å². The first-order valence-corrected chi connectivity index (χ1v) is 9.52. The van der Waals surface area contributed by atoms with Crippen LogP contribution in [-0.2, 0) is 24.1 Å². The first-order chi connectivity index (χ1) is 14.7. The molecule has 31 heavy (non-hydrogen) atoms. The van der Waals surface area contributed by atoms with Crippen LogP contribution in [0.25, 0.3) is 21.1 Å². The highest BCUT2D eigenvalue weighted by molar-refractivity contribution is 7.80. The number of carbonyl (C=O) groups is 1. The van der Waals surface area contributed by atoms with Crippen LogP contribution in [0.4, 0.5) is 0 Å². The van der Waals surface area contributed by atoms with Crippen molar-refractivity contribution in [2.45, 2.75) is 6.92 Å². The first kappa shape index (κ1) is 24.9. The van der Waals surface area contributed by atoms with Gasteiger partial charge in [0.1, 0.15) is 37.9 Å². The van der Waals surface area contributed by atoms with E-state index in [0.29, 0.717) is 0 Å². The van der Waals surface area contributed by atoms with E-state index in [1.807, 2.05) is 0 Å². The Kier molecular flexibility index (Phi) is 9.45. The molecule has 0 aliphatic carbocycles. The molecule has 0 aliphatic rings. The molecule has 0 aromatic heterocycles. The second-order valence-electron chi connectivity index (χ2n) is 5.28. The highest BCUT2D eigenvalue weighted by atomic mass is 32.3. The third kappa shape index (κ3) is 8.01. The standard InChI is InChI=1S/C18H14N4O8S/c1-12(23)27-4-5-28-17-8-14(16(11-20)22-3)18(9-13(17)15(10-19)21-2)29-6-7-30-31(24,25)26/h8-9H,4-7H2,1H3,(H,24,25,26). The average molecular weight is 446 g/mol. The molecular weight excluding hydrogens is 432 g/mol. The van der Waals surface area contributed by atoms with Gasteiger partial charge in [-0.15, -0.1) is 0 Å². The molecule has 0 saturated carbocycles. The fourth-order valence-corrected chi connectivity index (χ4v) is 2.37. The molecule has 0 atom stereocenters. The van der Waals surface area contributed by atoms with Crippen LogP contribution in [-0.4, -0.2) is 45.4 Å². The maximum atomic E-state index is 10.9. The van der Waals surface area contributed by atoms with Crippen molar-refractivity contribution in [3.8, 4) is 23.6 Å². The lowest BCUT2D eigenvalue weighted by Gasteiger charge is -2.12. The summed E-state index contributed by atoms with van der Waals surface area (Å²) in [6, 6.07) is 5.71. The predicted molar refractivity (Wildman–Crippen MR) is 102 cm³/mol. The van der Waals surface area contributed by atoms with Gasteiger partial charge in [0.25, 0.3) is 11.4 Å². The molecule has 0 unspecified atom stereocenters. The number of ether oxygens (including phenoxy) is 3. The number of hydrogen-bond acceptors (Lipinski definition) is 9. The lowest BCUT2D eigenvalue weighted by Crippen LogP contribution is -2.22. The van der Waals surface area contributed by atoms with Crippen LogP contribution in [0.3, 0.4) is 0 Å². The van der Waals surface area contributed by atoms with E-state index in [9.17, 15) is 23.7 Å². The summed E-state index contributed by atoms with van der Waals surface area (Å²) in [5, 5.41) is 18.4. The molecule has 1 aromatic carbocycles. The van der Waals surface area contributed by atoms with Crippen molar-refractivity contribution in [2.75, 3.05) is 26.4 Å². The van der Waals surface area contributed by atoms with Crippen LogP contribution in [0.15, 0.2) is 12.1 Å². The van der Waals surface area contributed by atoms with Gasteiger partial charge < -0.3 is 14.2 Å². The van der Waals surface area contributed by atoms with Crippen LogP contribution in [0.5, 0.6) is 11.5 Å². The van der Waals surface area contributed by atoms with Gasteiger partial charge >= 0.3 is 16.4 Å². The van der Waals surface area contributed by atoms with E-state index in [2.05, 4.69) is 13.9 Å². The third-order valence-corrected chi connectivity index (χ3v) is 3.71. The summed E-state index contributed by atoms with van der Waals surface area (Å²) >= 11 is 0. The quantitative estimate of drug-likeness (QED) is 0.235. The van der Waals surface area contributed by atoms with Crippen LogP contribution < -0.4 is 19.9 Å². The summed E-state index contributed by atoms with van der Waals surface area (Å²) in [5.74, 6) is -0.725. The zero-order chi connectivity index (χ0) is 23.4. The average Bonchev–Trinajstić information content (AvgIpc) is 2.71. The van der Waals surface area contributed by atoms with Crippen molar-refractivity contribution in [2.24, 2.45) is 0 Å². The van der Waals surface area contributed by atoms with E-state index < -0.39 is 41.0 Å². The number of nitriles is 2. The van der Waals surface area contributed by atoms with E-state index >= 15 is 0 Å². The lowest BCUT2D eigenvalue weighted by molar-refractivity contribution is -0.141. The fourth-order valence-electron chi connectivity index (χ4n) is 2.09. The number of rotatable bonds is 9. The maximum Gasteiger partial charge on any atom is 0.397 e. The number of esters is 1. The second kappa shape index (κ2) is 11.8. The van der Waals surface area contributed by atoms with Crippen molar-refractivity contribution in [1.82, 2.24) is 0 Å². The van der Waals surface area contributed by atoms with Crippen LogP contribution in [0, 0.1) is 35.8 Å². The number of nitrogens with zero attached hydrogens (tertiary/aromatic N) is 4. The van der Waals surface area contributed by atoms with Crippen molar-refractivity contribution in [3.63, 3.8) is 0 Å². The summed E-state index contributed by atoms with van der Waals surface area (Å²) in [4.78, 5) is 17.0. The van der Waals surface area contributed by atoms with Crippen LogP contribution >= 0.6 is 0 Å². The normalized spacial score (nSPS) is 12.2. The minimum Gasteiger partial charge on any atom is -0.492 e. The Morgan fingerprint density at radius 2 is 1.45 bits per heavy atom. The van der Waals surface area contributed by atoms with Gasteiger partial charge in [-0.1, -0.05) is 0 Å². The Morgan fingerprint density at radius 3 is 1.81 bits per heavy atom. The molecular formula is C18H14N4O8S. The van der Waals surface area contributed by atoms with E-state index in [-0.39, 0.29) is 35.2 Å². The molecule has 12 nitrogen and oxygen atoms in total. The van der Waals surface area contributed by atoms with Gasteiger partial charge in [-0.05, 0) is 12.1 Å². The van der Waals surface area contributed by atoms with Gasteiger partial charge in [0.2, 0.25) is 0 Å². The Hall–Kier alpha value is -4.14. The molecule has 0 spiro atoms. The van der Waals surface area contributed by atoms with Gasteiger partial charge in [-0.25, -0.2) is 24.4 Å². The van der Waals surface area contributed by atoms with Crippen molar-refractivity contribution in [1.29, 1.82) is 10.5 Å². The van der Waals surface area contributed by atoms with Gasteiger partial charge in [0.05, 0.1) is 25.3 Å². The summed E-state index contributed by atoms with van der Waals surface area (Å²) in [7, 11) is -4.70. The zero-order valence-corrected chi connectivity index (χ0v) is 16.8. The molecule has 0 bridgehead atoms. The van der Waals surface area contributed by atoms with Crippen molar-refractivity contribution in [3.05, 3.63) is 45.4 Å². The van der Waals surface area contributed by atoms with E-state index in [1.165, 1.54) is 19.1 Å². The highest BCUT2D eigenvalue weighted by Gasteiger charge is 2.12. The molecule has 0 radical (unpaired) electrons. The van der Waals surface area contributed by atoms with Crippen LogP contribution in [0.2, 0.25) is 0 Å². The van der Waals surface area contributed by atoms with Crippen LogP contribution in [0.1, 0.15) is 6.92 Å². The van der Waals surface area contributed by atoms with E-state index in [1.54, 1.807) is 12.1 Å². The molecule has 0 aliphatic heterocycles. The molecule has 1 aromatic rings. The number of carbonyl (C=O) groups excluding carboxylic acids is 1. The SMILES string of the molecule is [C-]#[N+]C(C#N)=c1cc(OCCOS(=O)(=O)O)c(=C(C#N)[N+]#[C-])cc1OCCOC(C)=O. The Balaban J connectivity index is 3.53. The number of benzene rings is 1. The Morgan fingerprint density at radius 1 is 1.00 bits per heavy atom. The minimum absolute atomic E-state index is 0.0305.